The van der Waals surface area contributed by atoms with Crippen molar-refractivity contribution in [1.29, 1.82) is 0 Å². The van der Waals surface area contributed by atoms with Crippen molar-refractivity contribution in [3.63, 3.8) is 0 Å². The molecule has 0 aromatic carbocycles. The number of nitrogens with one attached hydrogen (secondary N) is 1. The number of nitrogen functional groups attached to an aromatic ring is 1. The van der Waals surface area contributed by atoms with E-state index in [2.05, 4.69) is 22.2 Å². The van der Waals surface area contributed by atoms with Gasteiger partial charge in [-0.15, -0.1) is 0 Å². The number of nitrogens with two attached hydrogens (primary N) is 1. The van der Waals surface area contributed by atoms with Gasteiger partial charge in [-0.25, -0.2) is 9.97 Å². The van der Waals surface area contributed by atoms with E-state index in [1.807, 2.05) is 6.92 Å². The molecule has 0 aliphatic carbocycles. The van der Waals surface area contributed by atoms with Crippen LogP contribution in [0, 0.1) is 6.92 Å². The molecule has 0 radical (unpaired) electrons. The van der Waals surface area contributed by atoms with Crippen molar-refractivity contribution in [2.75, 3.05) is 17.6 Å². The number of hydrogen-bond acceptors (Lipinski definition) is 4. The molecule has 3 N–H and O–H groups in total. The van der Waals surface area contributed by atoms with Crippen LogP contribution in [0.4, 0.5) is 11.6 Å². The van der Waals surface area contributed by atoms with Crippen molar-refractivity contribution in [3.05, 3.63) is 11.9 Å². The zero-order chi connectivity index (χ0) is 13.9. The molecule has 4 nitrogen and oxygen atoms in total. The number of unbranched alkanes of at least 4 members (excludes halogenated alkanes) is 7. The predicted molar refractivity (Wildman–Crippen MR) is 82.3 cm³/mol. The Balaban J connectivity index is 2.01. The summed E-state index contributed by atoms with van der Waals surface area (Å²) in [5.74, 6) is 2.09. The second kappa shape index (κ2) is 9.59. The van der Waals surface area contributed by atoms with Crippen molar-refractivity contribution < 1.29 is 0 Å². The molecule has 1 heterocycles. The van der Waals surface area contributed by atoms with Crippen LogP contribution in [0.5, 0.6) is 0 Å². The van der Waals surface area contributed by atoms with E-state index in [0.717, 1.165) is 18.2 Å². The van der Waals surface area contributed by atoms with Crippen LogP contribution in [-0.2, 0) is 0 Å². The fourth-order valence-corrected chi connectivity index (χ4v) is 2.16. The van der Waals surface area contributed by atoms with Crippen LogP contribution in [0.3, 0.4) is 0 Å². The first-order valence-corrected chi connectivity index (χ1v) is 7.57. The molecule has 0 unspecified atom stereocenters. The number of rotatable bonds is 10. The van der Waals surface area contributed by atoms with Crippen LogP contribution in [-0.4, -0.2) is 16.5 Å². The number of aromatic nitrogens is 2. The van der Waals surface area contributed by atoms with Gasteiger partial charge < -0.3 is 11.1 Å². The van der Waals surface area contributed by atoms with E-state index in [0.29, 0.717) is 5.82 Å². The Kier molecular flexibility index (Phi) is 7.94. The largest absolute Gasteiger partial charge is 0.384 e. The molecule has 0 aliphatic heterocycles. The monoisotopic (exact) mass is 264 g/mol. The molecule has 0 aliphatic rings. The standard InChI is InChI=1S/C15H28N4/c1-3-4-5-6-7-8-9-10-11-17-15-12-14(16)18-13(2)19-15/h12H,3-11H2,1-2H3,(H3,16,17,18,19). The Morgan fingerprint density at radius 2 is 1.63 bits per heavy atom. The van der Waals surface area contributed by atoms with E-state index >= 15 is 0 Å². The molecule has 0 amide bonds. The lowest BCUT2D eigenvalue weighted by Crippen LogP contribution is -2.06. The van der Waals surface area contributed by atoms with Crippen molar-refractivity contribution in [1.82, 2.24) is 9.97 Å². The summed E-state index contributed by atoms with van der Waals surface area (Å²) in [6.07, 6.45) is 10.7. The van der Waals surface area contributed by atoms with Gasteiger partial charge in [0.2, 0.25) is 0 Å². The maximum absolute atomic E-state index is 5.68. The lowest BCUT2D eigenvalue weighted by atomic mass is 10.1. The van der Waals surface area contributed by atoms with Crippen LogP contribution < -0.4 is 11.1 Å². The van der Waals surface area contributed by atoms with Gasteiger partial charge in [-0.3, -0.25) is 0 Å². The fourth-order valence-electron chi connectivity index (χ4n) is 2.16. The van der Waals surface area contributed by atoms with Crippen LogP contribution >= 0.6 is 0 Å². The minimum Gasteiger partial charge on any atom is -0.384 e. The highest BCUT2D eigenvalue weighted by atomic mass is 15.0. The van der Waals surface area contributed by atoms with Gasteiger partial charge >= 0.3 is 0 Å². The fraction of sp³-hybridized carbons (Fsp3) is 0.733. The first kappa shape index (κ1) is 15.7. The molecule has 0 bridgehead atoms. The Bertz CT molecular complexity index is 332. The average Bonchev–Trinajstić information content (AvgIpc) is 2.36. The molecule has 4 heteroatoms. The number of hydrogen-bond donors (Lipinski definition) is 2. The van der Waals surface area contributed by atoms with E-state index in [1.54, 1.807) is 6.07 Å². The highest BCUT2D eigenvalue weighted by Gasteiger charge is 1.98. The summed E-state index contributed by atoms with van der Waals surface area (Å²) in [6.45, 7) is 5.08. The summed E-state index contributed by atoms with van der Waals surface area (Å²) in [6, 6.07) is 1.79. The van der Waals surface area contributed by atoms with Crippen LogP contribution in [0.1, 0.15) is 64.1 Å². The van der Waals surface area contributed by atoms with Crippen LogP contribution in [0.2, 0.25) is 0 Å². The first-order chi connectivity index (χ1) is 9.22. The Morgan fingerprint density at radius 3 is 2.26 bits per heavy atom. The van der Waals surface area contributed by atoms with Gasteiger partial charge in [0.25, 0.3) is 0 Å². The number of aryl methyl sites for hydroxylation is 1. The third-order valence-electron chi connectivity index (χ3n) is 3.19. The molecule has 0 spiro atoms. The molecule has 19 heavy (non-hydrogen) atoms. The number of anilines is 2. The zero-order valence-corrected chi connectivity index (χ0v) is 12.4. The third-order valence-corrected chi connectivity index (χ3v) is 3.19. The summed E-state index contributed by atoms with van der Waals surface area (Å²) in [5, 5.41) is 3.31. The van der Waals surface area contributed by atoms with Crippen molar-refractivity contribution in [3.8, 4) is 0 Å². The van der Waals surface area contributed by atoms with Crippen LogP contribution in [0.15, 0.2) is 6.07 Å². The third kappa shape index (κ3) is 7.65. The van der Waals surface area contributed by atoms with E-state index in [4.69, 9.17) is 5.73 Å². The number of nitrogens with zero attached hydrogens (tertiary/aromatic N) is 2. The van der Waals surface area contributed by atoms with E-state index in [-0.39, 0.29) is 0 Å². The molecule has 0 atom stereocenters. The molecule has 0 saturated heterocycles. The molecule has 0 saturated carbocycles. The molecule has 0 fully saturated rings. The molecule has 1 rings (SSSR count). The molecule has 1 aromatic heterocycles. The summed E-state index contributed by atoms with van der Waals surface area (Å²) >= 11 is 0. The molecular weight excluding hydrogens is 236 g/mol. The minimum atomic E-state index is 0.533. The van der Waals surface area contributed by atoms with Crippen LogP contribution in [0.25, 0.3) is 0 Å². The molecule has 1 aromatic rings. The smallest absolute Gasteiger partial charge is 0.131 e. The normalized spacial score (nSPS) is 10.6. The van der Waals surface area contributed by atoms with Gasteiger partial charge in [0.05, 0.1) is 0 Å². The van der Waals surface area contributed by atoms with Gasteiger partial charge in [0.1, 0.15) is 17.5 Å². The van der Waals surface area contributed by atoms with Crippen molar-refractivity contribution in [2.45, 2.75) is 65.2 Å². The maximum Gasteiger partial charge on any atom is 0.131 e. The average molecular weight is 264 g/mol. The van der Waals surface area contributed by atoms with Gasteiger partial charge in [-0.2, -0.15) is 0 Å². The Hall–Kier alpha value is -1.32. The molecular formula is C15H28N4. The summed E-state index contributed by atoms with van der Waals surface area (Å²) in [5.41, 5.74) is 5.68. The highest BCUT2D eigenvalue weighted by Crippen LogP contribution is 2.10. The Morgan fingerprint density at radius 1 is 1.00 bits per heavy atom. The SMILES string of the molecule is CCCCCCCCCCNc1cc(N)nc(C)n1. The van der Waals surface area contributed by atoms with Gasteiger partial charge in [-0.05, 0) is 13.3 Å². The summed E-state index contributed by atoms with van der Waals surface area (Å²) < 4.78 is 0. The summed E-state index contributed by atoms with van der Waals surface area (Å²) in [4.78, 5) is 8.35. The van der Waals surface area contributed by atoms with Gasteiger partial charge in [0.15, 0.2) is 0 Å². The van der Waals surface area contributed by atoms with Crippen molar-refractivity contribution in [2.24, 2.45) is 0 Å². The zero-order valence-electron chi connectivity index (χ0n) is 12.4. The van der Waals surface area contributed by atoms with Gasteiger partial charge in [-0.1, -0.05) is 51.9 Å². The second-order valence-electron chi connectivity index (χ2n) is 5.13. The first-order valence-electron chi connectivity index (χ1n) is 7.57. The van der Waals surface area contributed by atoms with E-state index in [1.165, 1.54) is 51.4 Å². The Labute approximate surface area is 117 Å². The predicted octanol–water partition coefficient (Wildman–Crippen LogP) is 3.92. The second-order valence-corrected chi connectivity index (χ2v) is 5.13. The quantitative estimate of drug-likeness (QED) is 0.629. The summed E-state index contributed by atoms with van der Waals surface area (Å²) in [7, 11) is 0. The minimum absolute atomic E-state index is 0.533. The highest BCUT2D eigenvalue weighted by molar-refractivity contribution is 5.44. The van der Waals surface area contributed by atoms with E-state index in [9.17, 15) is 0 Å². The van der Waals surface area contributed by atoms with Crippen molar-refractivity contribution >= 4 is 11.6 Å². The maximum atomic E-state index is 5.68. The molecule has 108 valence electrons. The van der Waals surface area contributed by atoms with Gasteiger partial charge in [0, 0.05) is 12.6 Å². The van der Waals surface area contributed by atoms with E-state index < -0.39 is 0 Å². The lowest BCUT2D eigenvalue weighted by Gasteiger charge is -2.07. The topological polar surface area (TPSA) is 63.8 Å². The lowest BCUT2D eigenvalue weighted by molar-refractivity contribution is 0.581.